The summed E-state index contributed by atoms with van der Waals surface area (Å²) in [7, 11) is 0. The Morgan fingerprint density at radius 3 is 2.63 bits per heavy atom. The minimum atomic E-state index is -0.444. The molecule has 0 amide bonds. The number of fused-ring (bicyclic) bond motifs is 3. The van der Waals surface area contributed by atoms with Crippen molar-refractivity contribution in [2.45, 2.75) is 0 Å². The molecule has 0 aliphatic rings. The summed E-state index contributed by atoms with van der Waals surface area (Å²) in [5.41, 5.74) is 2.36. The van der Waals surface area contributed by atoms with E-state index in [-0.39, 0.29) is 0 Å². The van der Waals surface area contributed by atoms with Gasteiger partial charge in [-0.25, -0.2) is 9.78 Å². The number of benzene rings is 3. The molecule has 2 heterocycles. The maximum Gasteiger partial charge on any atom is 0.345 e. The molecule has 0 saturated carbocycles. The van der Waals surface area contributed by atoms with Gasteiger partial charge in [0, 0.05) is 10.8 Å². The zero-order valence-corrected chi connectivity index (χ0v) is 16.5. The molecule has 2 aromatic heterocycles. The number of aromatic nitrogens is 1. The van der Waals surface area contributed by atoms with Crippen LogP contribution in [-0.2, 0) is 0 Å². The first-order chi connectivity index (χ1) is 14.7. The first kappa shape index (κ1) is 18.0. The molecule has 5 aromatic rings. The topological polar surface area (TPSA) is 66.9 Å². The molecule has 0 aliphatic heterocycles. The summed E-state index contributed by atoms with van der Waals surface area (Å²) >= 11 is 1.33. The van der Waals surface area contributed by atoms with E-state index in [0.717, 1.165) is 21.7 Å². The largest absolute Gasteiger partial charge is 0.422 e. The predicted molar refractivity (Wildman–Crippen MR) is 121 cm³/mol. The average Bonchev–Trinajstić information content (AvgIpc) is 3.27. The van der Waals surface area contributed by atoms with E-state index in [4.69, 9.17) is 4.42 Å². The Morgan fingerprint density at radius 1 is 1.00 bits per heavy atom. The van der Waals surface area contributed by atoms with Crippen molar-refractivity contribution in [1.29, 1.82) is 5.26 Å². The van der Waals surface area contributed by atoms with Crippen LogP contribution in [0.3, 0.4) is 0 Å². The Balaban J connectivity index is 1.63. The van der Waals surface area contributed by atoms with E-state index >= 15 is 0 Å². The van der Waals surface area contributed by atoms with Crippen molar-refractivity contribution >= 4 is 44.7 Å². The van der Waals surface area contributed by atoms with E-state index in [0.29, 0.717) is 27.4 Å². The standard InChI is InChI=1S/C25H14N2O2S/c26-14-18(12-16-6-2-1-3-7-16)24-27-22(15-30-24)21-13-20-19-9-5-4-8-17(19)10-11-23(20)29-25(21)28/h1-13,15H. The Bertz CT molecular complexity index is 1520. The molecule has 3 aromatic carbocycles. The van der Waals surface area contributed by atoms with E-state index < -0.39 is 5.63 Å². The van der Waals surface area contributed by atoms with E-state index in [2.05, 4.69) is 11.1 Å². The summed E-state index contributed by atoms with van der Waals surface area (Å²) in [6.45, 7) is 0. The molecular weight excluding hydrogens is 392 g/mol. The highest BCUT2D eigenvalue weighted by atomic mass is 32.1. The highest BCUT2D eigenvalue weighted by Gasteiger charge is 2.15. The second-order valence-electron chi connectivity index (χ2n) is 6.76. The van der Waals surface area contributed by atoms with Gasteiger partial charge in [0.2, 0.25) is 0 Å². The molecule has 5 rings (SSSR count). The molecule has 0 bridgehead atoms. The number of rotatable bonds is 3. The van der Waals surface area contributed by atoms with Gasteiger partial charge < -0.3 is 4.42 Å². The van der Waals surface area contributed by atoms with Gasteiger partial charge >= 0.3 is 5.63 Å². The van der Waals surface area contributed by atoms with Crippen molar-refractivity contribution < 1.29 is 4.42 Å². The minimum absolute atomic E-state index is 0.387. The van der Waals surface area contributed by atoms with E-state index in [1.54, 1.807) is 11.5 Å². The number of thiazole rings is 1. The third-order valence-corrected chi connectivity index (χ3v) is 5.76. The van der Waals surface area contributed by atoms with Gasteiger partial charge in [0.15, 0.2) is 0 Å². The van der Waals surface area contributed by atoms with Gasteiger partial charge in [0.1, 0.15) is 16.7 Å². The first-order valence-electron chi connectivity index (χ1n) is 9.32. The van der Waals surface area contributed by atoms with Gasteiger partial charge in [0.05, 0.1) is 16.8 Å². The summed E-state index contributed by atoms with van der Waals surface area (Å²) in [6.07, 6.45) is 1.79. The fraction of sp³-hybridized carbons (Fsp3) is 0. The van der Waals surface area contributed by atoms with Crippen LogP contribution >= 0.6 is 11.3 Å². The van der Waals surface area contributed by atoms with Crippen molar-refractivity contribution in [3.8, 4) is 17.3 Å². The lowest BCUT2D eigenvalue weighted by Gasteiger charge is -2.04. The second kappa shape index (κ2) is 7.43. The summed E-state index contributed by atoms with van der Waals surface area (Å²) in [5.74, 6) is 0. The lowest BCUT2D eigenvalue weighted by atomic mass is 10.0. The van der Waals surface area contributed by atoms with Crippen LogP contribution in [-0.4, -0.2) is 4.98 Å². The molecular formula is C25H14N2O2S. The normalized spacial score (nSPS) is 11.6. The minimum Gasteiger partial charge on any atom is -0.422 e. The Morgan fingerprint density at radius 2 is 1.80 bits per heavy atom. The molecule has 0 unspecified atom stereocenters. The number of allylic oxidation sites excluding steroid dienone is 1. The highest BCUT2D eigenvalue weighted by Crippen LogP contribution is 2.30. The summed E-state index contributed by atoms with van der Waals surface area (Å²) in [6, 6.07) is 25.4. The third kappa shape index (κ3) is 3.20. The number of hydrogen-bond acceptors (Lipinski definition) is 5. The van der Waals surface area contributed by atoms with Crippen LogP contribution < -0.4 is 5.63 Å². The maximum atomic E-state index is 12.6. The van der Waals surface area contributed by atoms with Crippen LogP contribution in [0.15, 0.2) is 87.4 Å². The van der Waals surface area contributed by atoms with Crippen molar-refractivity contribution in [3.05, 3.63) is 99.2 Å². The van der Waals surface area contributed by atoms with E-state index in [9.17, 15) is 10.1 Å². The van der Waals surface area contributed by atoms with Crippen molar-refractivity contribution in [2.24, 2.45) is 0 Å². The van der Waals surface area contributed by atoms with E-state index in [1.165, 1.54) is 11.3 Å². The summed E-state index contributed by atoms with van der Waals surface area (Å²) in [5, 5.41) is 14.9. The zero-order valence-electron chi connectivity index (χ0n) is 15.7. The molecule has 0 radical (unpaired) electrons. The van der Waals surface area contributed by atoms with E-state index in [1.807, 2.05) is 72.8 Å². The molecule has 4 nitrogen and oxygen atoms in total. The third-order valence-electron chi connectivity index (χ3n) is 4.88. The van der Waals surface area contributed by atoms with Crippen molar-refractivity contribution in [1.82, 2.24) is 4.98 Å². The van der Waals surface area contributed by atoms with Crippen LogP contribution in [0.4, 0.5) is 0 Å². The van der Waals surface area contributed by atoms with Crippen molar-refractivity contribution in [2.75, 3.05) is 0 Å². The van der Waals surface area contributed by atoms with Crippen LogP contribution in [0.1, 0.15) is 10.6 Å². The molecule has 0 aliphatic carbocycles. The monoisotopic (exact) mass is 406 g/mol. The highest BCUT2D eigenvalue weighted by molar-refractivity contribution is 7.11. The molecule has 0 saturated heterocycles. The van der Waals surface area contributed by atoms with Gasteiger partial charge in [-0.2, -0.15) is 5.26 Å². The molecule has 5 heteroatoms. The molecule has 0 N–H and O–H groups in total. The lowest BCUT2D eigenvalue weighted by molar-refractivity contribution is 0.563. The van der Waals surface area contributed by atoms with Crippen LogP contribution in [0.2, 0.25) is 0 Å². The molecule has 0 spiro atoms. The second-order valence-corrected chi connectivity index (χ2v) is 7.62. The Kier molecular flexibility index (Phi) is 4.47. The van der Waals surface area contributed by atoms with Crippen LogP contribution in [0.5, 0.6) is 0 Å². The molecule has 30 heavy (non-hydrogen) atoms. The van der Waals surface area contributed by atoms with Gasteiger partial charge in [-0.05, 0) is 34.5 Å². The fourth-order valence-corrected chi connectivity index (χ4v) is 4.21. The first-order valence-corrected chi connectivity index (χ1v) is 10.2. The van der Waals surface area contributed by atoms with Crippen LogP contribution in [0, 0.1) is 11.3 Å². The predicted octanol–water partition coefficient (Wildman–Crippen LogP) is 6.13. The van der Waals surface area contributed by atoms with Crippen molar-refractivity contribution in [3.63, 3.8) is 0 Å². The van der Waals surface area contributed by atoms with Gasteiger partial charge in [0.25, 0.3) is 0 Å². The fourth-order valence-electron chi connectivity index (χ4n) is 3.43. The lowest BCUT2D eigenvalue weighted by Crippen LogP contribution is -2.03. The van der Waals surface area contributed by atoms with Crippen LogP contribution in [0.25, 0.3) is 44.6 Å². The quantitative estimate of drug-likeness (QED) is 0.205. The number of hydrogen-bond donors (Lipinski definition) is 0. The van der Waals surface area contributed by atoms with Gasteiger partial charge in [-0.1, -0.05) is 60.7 Å². The maximum absolute atomic E-state index is 12.6. The smallest absolute Gasteiger partial charge is 0.345 e. The molecule has 0 atom stereocenters. The van der Waals surface area contributed by atoms with Gasteiger partial charge in [-0.15, -0.1) is 11.3 Å². The number of nitriles is 1. The number of nitrogens with zero attached hydrogens (tertiary/aromatic N) is 2. The zero-order chi connectivity index (χ0) is 20.5. The Hall–Kier alpha value is -4.01. The SMILES string of the molecule is N#CC(=Cc1ccccc1)c1nc(-c2cc3c(ccc4ccccc43)oc2=O)cs1. The Labute approximate surface area is 176 Å². The summed E-state index contributed by atoms with van der Waals surface area (Å²) < 4.78 is 5.58. The molecule has 0 fully saturated rings. The van der Waals surface area contributed by atoms with Gasteiger partial charge in [-0.3, -0.25) is 0 Å². The summed E-state index contributed by atoms with van der Waals surface area (Å²) in [4.78, 5) is 17.2. The molecule has 142 valence electrons. The average molecular weight is 406 g/mol.